The first kappa shape index (κ1) is 24.3. The van der Waals surface area contributed by atoms with E-state index in [1.165, 1.54) is 6.92 Å². The molecule has 0 aromatic rings. The molecule has 0 fully saturated rings. The van der Waals surface area contributed by atoms with Gasteiger partial charge in [-0.2, -0.15) is 0 Å². The second-order valence-corrected chi connectivity index (χ2v) is 2.02. The third-order valence-corrected chi connectivity index (χ3v) is 0.357. The summed E-state index contributed by atoms with van der Waals surface area (Å²) >= 11 is 0. The van der Waals surface area contributed by atoms with Crippen molar-refractivity contribution in [3.05, 3.63) is 0 Å². The molecule has 0 heterocycles. The fraction of sp³-hybridized carbons (Fsp3) is 0.571. The topological polar surface area (TPSA) is 135 Å². The number of carboxylic acids is 3. The molecule has 8 heteroatoms. The summed E-state index contributed by atoms with van der Waals surface area (Å²) in [4.78, 5) is 27.3. The Morgan fingerprint density at radius 1 is 1.13 bits per heavy atom. The number of carbonyl (C=O) groups excluding carboxylic acids is 1. The fourth-order valence-corrected chi connectivity index (χ4v) is 0. The van der Waals surface area contributed by atoms with Gasteiger partial charge in [-0.1, -0.05) is 0 Å². The first-order valence-electron chi connectivity index (χ1n) is 3.39. The van der Waals surface area contributed by atoms with Crippen LogP contribution in [0.15, 0.2) is 0 Å². The molecule has 0 radical (unpaired) electrons. The average molecular weight is 248 g/mol. The van der Waals surface area contributed by atoms with E-state index in [4.69, 9.17) is 30.0 Å². The summed E-state index contributed by atoms with van der Waals surface area (Å²) < 4.78 is 0. The molecule has 15 heavy (non-hydrogen) atoms. The molecule has 1 atom stereocenters. The zero-order valence-electron chi connectivity index (χ0n) is 9.05. The largest absolute Gasteiger partial charge is 1.00 e. The first-order chi connectivity index (χ1) is 6.11. The third kappa shape index (κ3) is 126. The Hall–Kier alpha value is 0.00636. The van der Waals surface area contributed by atoms with Gasteiger partial charge in [-0.25, -0.2) is 4.79 Å². The van der Waals surface area contributed by atoms with Crippen LogP contribution in [0.2, 0.25) is 0 Å². The van der Waals surface area contributed by atoms with Gasteiger partial charge in [0.05, 0.1) is 0 Å². The number of carbonyl (C=O) groups is 3. The maximum Gasteiger partial charge on any atom is 1.00 e. The molecule has 3 N–H and O–H groups in total. The normalized spacial score (nSPS) is 8.80. The minimum atomic E-state index is -1.23. The van der Waals surface area contributed by atoms with Gasteiger partial charge in [0, 0.05) is 12.9 Å². The molecule has 0 bridgehead atoms. The van der Waals surface area contributed by atoms with Gasteiger partial charge in [0.25, 0.3) is 5.97 Å². The summed E-state index contributed by atoms with van der Waals surface area (Å²) in [6, 6.07) is 0. The SMILES string of the molecule is CC(=O)O.CC(=O)[O-].CC(O)C(=O)O.[K+]. The Balaban J connectivity index is -0.0000000606. The molecule has 0 amide bonds. The Morgan fingerprint density at radius 3 is 1.20 bits per heavy atom. The van der Waals surface area contributed by atoms with E-state index in [-0.39, 0.29) is 51.4 Å². The summed E-state index contributed by atoms with van der Waals surface area (Å²) in [6.07, 6.45) is -1.23. The molecule has 0 aromatic carbocycles. The van der Waals surface area contributed by atoms with Gasteiger partial charge >= 0.3 is 57.4 Å². The molecule has 0 aliphatic heterocycles. The van der Waals surface area contributed by atoms with E-state index in [1.54, 1.807) is 0 Å². The quantitative estimate of drug-likeness (QED) is 0.397. The standard InChI is InChI=1S/C3H6O3.2C2H4O2.K/c1-2(4)3(5)6;2*1-2(3)4;/h2,4H,1H3,(H,5,6);2*1H3,(H,3,4);/q;;;+1/p-1. The minimum Gasteiger partial charge on any atom is -0.550 e. The molecule has 0 saturated heterocycles. The van der Waals surface area contributed by atoms with E-state index >= 15 is 0 Å². The molecular weight excluding hydrogens is 235 g/mol. The molecule has 0 rings (SSSR count). The molecule has 1 unspecified atom stereocenters. The van der Waals surface area contributed by atoms with Gasteiger partial charge in [-0.3, -0.25) is 4.79 Å². The second kappa shape index (κ2) is 16.4. The summed E-state index contributed by atoms with van der Waals surface area (Å²) in [7, 11) is 0. The maximum absolute atomic E-state index is 9.45. The number of carboxylic acid groups (broad SMARTS) is 3. The van der Waals surface area contributed by atoms with Crippen molar-refractivity contribution in [1.29, 1.82) is 0 Å². The van der Waals surface area contributed by atoms with E-state index in [0.29, 0.717) is 0 Å². The van der Waals surface area contributed by atoms with Crippen LogP contribution >= 0.6 is 0 Å². The summed E-state index contributed by atoms with van der Waals surface area (Å²) in [5.74, 6) is -3.10. The van der Waals surface area contributed by atoms with Crippen molar-refractivity contribution in [2.75, 3.05) is 0 Å². The van der Waals surface area contributed by atoms with Crippen molar-refractivity contribution < 1.29 is 86.2 Å². The van der Waals surface area contributed by atoms with Gasteiger partial charge < -0.3 is 25.2 Å². The van der Waals surface area contributed by atoms with E-state index in [0.717, 1.165) is 13.8 Å². The van der Waals surface area contributed by atoms with Crippen LogP contribution in [0, 0.1) is 0 Å². The number of aliphatic carboxylic acids is 3. The fourth-order valence-electron chi connectivity index (χ4n) is 0. The van der Waals surface area contributed by atoms with Crippen LogP contribution in [0.4, 0.5) is 0 Å². The predicted molar refractivity (Wildman–Crippen MR) is 43.3 cm³/mol. The van der Waals surface area contributed by atoms with Crippen molar-refractivity contribution >= 4 is 17.9 Å². The first-order valence-corrected chi connectivity index (χ1v) is 3.39. The zero-order valence-corrected chi connectivity index (χ0v) is 12.2. The number of hydrogen-bond donors (Lipinski definition) is 3. The molecule has 0 spiro atoms. The molecule has 0 aliphatic rings. The van der Waals surface area contributed by atoms with Crippen LogP contribution in [0.3, 0.4) is 0 Å². The van der Waals surface area contributed by atoms with Gasteiger partial charge in [-0.05, 0) is 13.8 Å². The molecule has 0 aliphatic carbocycles. The summed E-state index contributed by atoms with van der Waals surface area (Å²) in [5, 5.41) is 32.1. The van der Waals surface area contributed by atoms with E-state index in [9.17, 15) is 4.79 Å². The number of aliphatic hydroxyl groups is 1. The molecule has 7 nitrogen and oxygen atoms in total. The van der Waals surface area contributed by atoms with E-state index in [1.807, 2.05) is 0 Å². The Bertz CT molecular complexity index is 170. The van der Waals surface area contributed by atoms with Crippen molar-refractivity contribution in [2.24, 2.45) is 0 Å². The molecule has 0 aromatic heterocycles. The van der Waals surface area contributed by atoms with Crippen LogP contribution in [-0.4, -0.2) is 39.3 Å². The number of hydrogen-bond acceptors (Lipinski definition) is 5. The van der Waals surface area contributed by atoms with E-state index < -0.39 is 24.0 Å². The van der Waals surface area contributed by atoms with Crippen LogP contribution in [0.1, 0.15) is 20.8 Å². The smallest absolute Gasteiger partial charge is 0.550 e. The van der Waals surface area contributed by atoms with Gasteiger partial charge in [0.15, 0.2) is 0 Å². The van der Waals surface area contributed by atoms with Crippen LogP contribution in [0.5, 0.6) is 0 Å². The van der Waals surface area contributed by atoms with Crippen molar-refractivity contribution in [3.63, 3.8) is 0 Å². The number of aliphatic hydroxyl groups excluding tert-OH is 1. The van der Waals surface area contributed by atoms with Crippen LogP contribution in [0.25, 0.3) is 0 Å². The van der Waals surface area contributed by atoms with Crippen molar-refractivity contribution in [1.82, 2.24) is 0 Å². The summed E-state index contributed by atoms with van der Waals surface area (Å²) in [6.45, 7) is 3.25. The van der Waals surface area contributed by atoms with Gasteiger partial charge in [0.1, 0.15) is 6.10 Å². The van der Waals surface area contributed by atoms with Crippen molar-refractivity contribution in [2.45, 2.75) is 26.9 Å². The summed E-state index contributed by atoms with van der Waals surface area (Å²) in [5.41, 5.74) is 0. The Kier molecular flexibility index (Phi) is 26.6. The van der Waals surface area contributed by atoms with Crippen LogP contribution < -0.4 is 56.5 Å². The average Bonchev–Trinajstić information content (AvgIpc) is 1.83. The van der Waals surface area contributed by atoms with Gasteiger partial charge in [0.2, 0.25) is 0 Å². The molecular formula is C7H13KO7. The van der Waals surface area contributed by atoms with Crippen molar-refractivity contribution in [3.8, 4) is 0 Å². The number of rotatable bonds is 1. The maximum atomic E-state index is 9.45. The van der Waals surface area contributed by atoms with E-state index in [2.05, 4.69) is 0 Å². The van der Waals surface area contributed by atoms with Crippen LogP contribution in [-0.2, 0) is 14.4 Å². The third-order valence-electron chi connectivity index (χ3n) is 0.357. The predicted octanol–water partition coefficient (Wildman–Crippen LogP) is -4.70. The minimum absolute atomic E-state index is 0. The van der Waals surface area contributed by atoms with Gasteiger partial charge in [-0.15, -0.1) is 0 Å². The second-order valence-electron chi connectivity index (χ2n) is 2.02. The zero-order chi connectivity index (χ0) is 12.3. The molecule has 0 saturated carbocycles. The molecule has 84 valence electrons. The monoisotopic (exact) mass is 248 g/mol. The Labute approximate surface area is 130 Å². The Morgan fingerprint density at radius 2 is 1.20 bits per heavy atom.